The number of rotatable bonds is 7. The van der Waals surface area contributed by atoms with Crippen molar-refractivity contribution in [3.8, 4) is 0 Å². The van der Waals surface area contributed by atoms with Crippen molar-refractivity contribution in [2.45, 2.75) is 45.2 Å². The van der Waals surface area contributed by atoms with E-state index < -0.39 is 7.26 Å². The Morgan fingerprint density at radius 1 is 1.27 bits per heavy atom. The summed E-state index contributed by atoms with van der Waals surface area (Å²) < 4.78 is 0. The van der Waals surface area contributed by atoms with Crippen molar-refractivity contribution in [3.63, 3.8) is 0 Å². The Labute approximate surface area is 97.2 Å². The first-order valence-electron chi connectivity index (χ1n) is 6.27. The molecule has 0 aliphatic heterocycles. The van der Waals surface area contributed by atoms with Gasteiger partial charge in [-0.2, -0.15) is 0 Å². The third kappa shape index (κ3) is 6.15. The molecule has 0 aromatic heterocycles. The van der Waals surface area contributed by atoms with Crippen LogP contribution >= 0.6 is 7.26 Å². The molecular weight excluding hydrogens is 199 g/mol. The molecule has 90 valence electrons. The summed E-state index contributed by atoms with van der Waals surface area (Å²) in [5, 5.41) is 0. The maximum absolute atomic E-state index is 3.93. The van der Waals surface area contributed by atoms with Crippen LogP contribution in [0.2, 0.25) is 0 Å². The van der Waals surface area contributed by atoms with Gasteiger partial charge in [0.25, 0.3) is 0 Å². The zero-order chi connectivity index (χ0) is 11.9. The fraction of sp³-hybridized carbons (Fsp3) is 0.714. The summed E-state index contributed by atoms with van der Waals surface area (Å²) in [5.74, 6) is 0. The van der Waals surface area contributed by atoms with Crippen LogP contribution in [-0.2, 0) is 0 Å². The molecule has 0 aliphatic rings. The number of hydrogen-bond donors (Lipinski definition) is 0. The van der Waals surface area contributed by atoms with Gasteiger partial charge in [-0.1, -0.05) is 0 Å². The normalized spacial score (nSPS) is 16.2. The number of allylic oxidation sites excluding steroid dienone is 3. The molecule has 15 heavy (non-hydrogen) atoms. The average molecular weight is 228 g/mol. The summed E-state index contributed by atoms with van der Waals surface area (Å²) in [7, 11) is -0.994. The minimum atomic E-state index is -0.994. The Morgan fingerprint density at radius 3 is 2.20 bits per heavy atom. The van der Waals surface area contributed by atoms with Crippen molar-refractivity contribution >= 4 is 7.26 Å². The van der Waals surface area contributed by atoms with Crippen molar-refractivity contribution < 1.29 is 0 Å². The predicted molar refractivity (Wildman–Crippen MR) is 78.0 cm³/mol. The fourth-order valence-electron chi connectivity index (χ4n) is 1.93. The third-order valence-electron chi connectivity index (χ3n) is 3.16. The first-order valence-corrected chi connectivity index (χ1v) is 9.84. The van der Waals surface area contributed by atoms with Crippen LogP contribution in [0.25, 0.3) is 0 Å². The van der Waals surface area contributed by atoms with Gasteiger partial charge in [-0.3, -0.25) is 0 Å². The molecule has 0 spiro atoms. The van der Waals surface area contributed by atoms with Crippen LogP contribution in [-0.4, -0.2) is 25.7 Å². The van der Waals surface area contributed by atoms with E-state index in [9.17, 15) is 0 Å². The third-order valence-corrected chi connectivity index (χ3v) is 6.22. The number of hydrogen-bond acceptors (Lipinski definition) is 0. The van der Waals surface area contributed by atoms with E-state index in [4.69, 9.17) is 0 Å². The van der Waals surface area contributed by atoms with Crippen LogP contribution in [0.5, 0.6) is 0 Å². The van der Waals surface area contributed by atoms with E-state index in [0.29, 0.717) is 0 Å². The molecular formula is C14H29P. The van der Waals surface area contributed by atoms with E-state index in [0.717, 1.165) is 5.66 Å². The van der Waals surface area contributed by atoms with E-state index in [-0.39, 0.29) is 0 Å². The molecule has 0 aliphatic carbocycles. The van der Waals surface area contributed by atoms with Gasteiger partial charge in [0.05, 0.1) is 0 Å². The molecule has 0 radical (unpaired) electrons. The minimum absolute atomic E-state index is 0.901. The summed E-state index contributed by atoms with van der Waals surface area (Å²) in [6.45, 7) is 15.9. The Kier molecular flexibility index (Phi) is 7.18. The van der Waals surface area contributed by atoms with Gasteiger partial charge in [0.2, 0.25) is 0 Å². The zero-order valence-corrected chi connectivity index (χ0v) is 12.3. The summed E-state index contributed by atoms with van der Waals surface area (Å²) >= 11 is 0. The molecule has 0 amide bonds. The first kappa shape index (κ1) is 14.9. The maximum atomic E-state index is 3.93. The van der Waals surface area contributed by atoms with Gasteiger partial charge in [-0.25, -0.2) is 0 Å². The van der Waals surface area contributed by atoms with Crippen LogP contribution in [0.4, 0.5) is 0 Å². The molecule has 0 bridgehead atoms. The van der Waals surface area contributed by atoms with Crippen LogP contribution in [0.1, 0.15) is 39.5 Å². The van der Waals surface area contributed by atoms with Gasteiger partial charge < -0.3 is 0 Å². The molecule has 1 heteroatoms. The molecule has 0 heterocycles. The van der Waals surface area contributed by atoms with Gasteiger partial charge >= 0.3 is 96.8 Å². The van der Waals surface area contributed by atoms with Gasteiger partial charge in [0, 0.05) is 0 Å². The molecule has 0 rings (SSSR count). The zero-order valence-electron chi connectivity index (χ0n) is 11.3. The molecule has 1 unspecified atom stereocenters. The molecule has 0 N–H and O–H groups in total. The van der Waals surface area contributed by atoms with Gasteiger partial charge in [-0.15, -0.1) is 0 Å². The van der Waals surface area contributed by atoms with Crippen LogP contribution < -0.4 is 0 Å². The Hall–Kier alpha value is -0.0900. The molecule has 0 aromatic rings. The van der Waals surface area contributed by atoms with E-state index in [1.165, 1.54) is 31.3 Å². The van der Waals surface area contributed by atoms with Gasteiger partial charge in [0.15, 0.2) is 0 Å². The van der Waals surface area contributed by atoms with Crippen molar-refractivity contribution in [1.82, 2.24) is 0 Å². The second-order valence-electron chi connectivity index (χ2n) is 5.45. The second kappa shape index (κ2) is 7.23. The quantitative estimate of drug-likeness (QED) is 0.437. The van der Waals surface area contributed by atoms with Crippen molar-refractivity contribution in [1.29, 1.82) is 0 Å². The molecule has 0 saturated carbocycles. The SMILES string of the molecule is C=C/C(=C\CCC)CC(CC)[PH](C)(C)C. The Bertz CT molecular complexity index is 208. The first-order chi connectivity index (χ1) is 6.95. The van der Waals surface area contributed by atoms with Crippen LogP contribution in [0.15, 0.2) is 24.3 Å². The summed E-state index contributed by atoms with van der Waals surface area (Å²) in [5.41, 5.74) is 2.37. The van der Waals surface area contributed by atoms with Gasteiger partial charge in [0.1, 0.15) is 0 Å². The Morgan fingerprint density at radius 2 is 1.87 bits per heavy atom. The van der Waals surface area contributed by atoms with Crippen molar-refractivity contribution in [2.24, 2.45) is 0 Å². The summed E-state index contributed by atoms with van der Waals surface area (Å²) in [6, 6.07) is 0. The fourth-order valence-corrected chi connectivity index (χ4v) is 4.00. The number of unbranched alkanes of at least 4 members (excludes halogenated alkanes) is 1. The van der Waals surface area contributed by atoms with Crippen LogP contribution in [0.3, 0.4) is 0 Å². The van der Waals surface area contributed by atoms with Crippen molar-refractivity contribution in [2.75, 3.05) is 20.0 Å². The average Bonchev–Trinajstić information content (AvgIpc) is 2.16. The Balaban J connectivity index is 4.44. The molecule has 0 aromatic carbocycles. The second-order valence-corrected chi connectivity index (χ2v) is 11.0. The topological polar surface area (TPSA) is 0 Å². The predicted octanol–water partition coefficient (Wildman–Crippen LogP) is 4.71. The van der Waals surface area contributed by atoms with E-state index in [2.05, 4.69) is 52.6 Å². The van der Waals surface area contributed by atoms with E-state index >= 15 is 0 Å². The molecule has 0 saturated heterocycles. The molecule has 1 atom stereocenters. The van der Waals surface area contributed by atoms with Crippen molar-refractivity contribution in [3.05, 3.63) is 24.3 Å². The standard InChI is InChI=1S/C14H29P/c1-7-10-11-13(8-2)12-14(9-3)15(4,5)6/h8,11,14-15H,2,7,9-10,12H2,1,3-6H3/b13-11+. The summed E-state index contributed by atoms with van der Waals surface area (Å²) in [6.07, 6.45) is 9.42. The molecule has 0 fully saturated rings. The van der Waals surface area contributed by atoms with E-state index in [1.807, 2.05) is 0 Å². The van der Waals surface area contributed by atoms with Crippen LogP contribution in [0, 0.1) is 0 Å². The van der Waals surface area contributed by atoms with E-state index in [1.54, 1.807) is 0 Å². The monoisotopic (exact) mass is 228 g/mol. The summed E-state index contributed by atoms with van der Waals surface area (Å²) in [4.78, 5) is 0. The van der Waals surface area contributed by atoms with Gasteiger partial charge in [-0.05, 0) is 0 Å². The molecule has 0 nitrogen and oxygen atoms in total.